The zero-order valence-corrected chi connectivity index (χ0v) is 11.9. The van der Waals surface area contributed by atoms with Crippen molar-refractivity contribution in [1.29, 1.82) is 0 Å². The fourth-order valence-corrected chi connectivity index (χ4v) is 2.31. The molecule has 0 aliphatic carbocycles. The van der Waals surface area contributed by atoms with E-state index in [1.807, 2.05) is 24.3 Å². The van der Waals surface area contributed by atoms with Crippen molar-refractivity contribution < 1.29 is 9.90 Å². The number of hydrogen-bond acceptors (Lipinski definition) is 1. The molecule has 1 N–H and O–H groups in total. The third-order valence-electron chi connectivity index (χ3n) is 2.98. The van der Waals surface area contributed by atoms with Crippen molar-refractivity contribution in [1.82, 2.24) is 4.57 Å². The molecule has 0 amide bonds. The second-order valence-electron chi connectivity index (χ2n) is 5.49. The number of aromatic carboxylic acids is 1. The number of carbonyl (C=O) groups is 1. The lowest BCUT2D eigenvalue weighted by molar-refractivity contribution is 0.0688. The van der Waals surface area contributed by atoms with Crippen LogP contribution in [0.4, 0.5) is 0 Å². The summed E-state index contributed by atoms with van der Waals surface area (Å²) in [6.45, 7) is 6.28. The van der Waals surface area contributed by atoms with E-state index in [0.29, 0.717) is 5.02 Å². The van der Waals surface area contributed by atoms with Gasteiger partial charge in [0.05, 0.1) is 5.02 Å². The summed E-state index contributed by atoms with van der Waals surface area (Å²) < 4.78 is 1.63. The maximum atomic E-state index is 11.3. The summed E-state index contributed by atoms with van der Waals surface area (Å²) in [5, 5.41) is 9.67. The molecular formula is C15H16ClNO2. The third kappa shape index (κ3) is 2.66. The molecule has 0 bridgehead atoms. The van der Waals surface area contributed by atoms with Crippen LogP contribution in [0, 0.1) is 0 Å². The number of carboxylic acid groups (broad SMARTS) is 1. The van der Waals surface area contributed by atoms with Gasteiger partial charge in [0.2, 0.25) is 0 Å². The first-order valence-corrected chi connectivity index (χ1v) is 6.39. The quantitative estimate of drug-likeness (QED) is 0.897. The van der Waals surface area contributed by atoms with Crippen molar-refractivity contribution in [2.75, 3.05) is 0 Å². The first kappa shape index (κ1) is 13.7. The van der Waals surface area contributed by atoms with Crippen molar-refractivity contribution >= 4 is 17.6 Å². The fraction of sp³-hybridized carbons (Fsp3) is 0.267. The highest BCUT2D eigenvalue weighted by Crippen LogP contribution is 2.30. The summed E-state index contributed by atoms with van der Waals surface area (Å²) >= 11 is 5.94. The van der Waals surface area contributed by atoms with Gasteiger partial charge in [-0.05, 0) is 23.1 Å². The van der Waals surface area contributed by atoms with Crippen LogP contribution in [0.3, 0.4) is 0 Å². The van der Waals surface area contributed by atoms with E-state index in [1.54, 1.807) is 10.8 Å². The Bertz CT molecular complexity index is 623. The molecule has 0 saturated carbocycles. The van der Waals surface area contributed by atoms with Gasteiger partial charge < -0.3 is 9.67 Å². The maximum absolute atomic E-state index is 11.3. The lowest BCUT2D eigenvalue weighted by atomic mass is 9.85. The maximum Gasteiger partial charge on any atom is 0.352 e. The molecule has 2 aromatic rings. The molecule has 3 nitrogen and oxygen atoms in total. The number of benzene rings is 1. The zero-order valence-electron chi connectivity index (χ0n) is 11.1. The molecule has 1 aromatic carbocycles. The van der Waals surface area contributed by atoms with Gasteiger partial charge in [0.25, 0.3) is 0 Å². The second kappa shape index (κ2) is 4.74. The minimum absolute atomic E-state index is 0.0802. The number of nitrogens with zero attached hydrogens (tertiary/aromatic N) is 1. The molecule has 4 heteroatoms. The van der Waals surface area contributed by atoms with Crippen molar-refractivity contribution in [3.63, 3.8) is 0 Å². The molecule has 100 valence electrons. The molecule has 0 unspecified atom stereocenters. The van der Waals surface area contributed by atoms with Crippen LogP contribution in [0.2, 0.25) is 5.02 Å². The van der Waals surface area contributed by atoms with Gasteiger partial charge in [-0.2, -0.15) is 0 Å². The highest BCUT2D eigenvalue weighted by Gasteiger charge is 2.21. The summed E-state index contributed by atoms with van der Waals surface area (Å²) in [5.74, 6) is -0.990. The minimum atomic E-state index is -0.990. The van der Waals surface area contributed by atoms with E-state index in [0.717, 1.165) is 11.3 Å². The Hall–Kier alpha value is -1.74. The zero-order chi connectivity index (χ0) is 14.2. The van der Waals surface area contributed by atoms with Crippen LogP contribution < -0.4 is 0 Å². The Labute approximate surface area is 117 Å². The Morgan fingerprint density at radius 2 is 1.89 bits per heavy atom. The third-order valence-corrected chi connectivity index (χ3v) is 3.18. The summed E-state index contributed by atoms with van der Waals surface area (Å²) in [5.41, 5.74) is 2.01. The van der Waals surface area contributed by atoms with E-state index in [2.05, 4.69) is 20.8 Å². The molecule has 0 aliphatic rings. The minimum Gasteiger partial charge on any atom is -0.477 e. The average Bonchev–Trinajstić information content (AvgIpc) is 2.70. The van der Waals surface area contributed by atoms with Gasteiger partial charge in [0, 0.05) is 11.9 Å². The van der Waals surface area contributed by atoms with Gasteiger partial charge >= 0.3 is 5.97 Å². The lowest BCUT2D eigenvalue weighted by Crippen LogP contribution is -2.16. The average molecular weight is 278 g/mol. The first-order valence-electron chi connectivity index (χ1n) is 6.02. The lowest BCUT2D eigenvalue weighted by Gasteiger charge is -2.23. The van der Waals surface area contributed by atoms with Crippen LogP contribution in [0.25, 0.3) is 5.69 Å². The molecule has 0 aliphatic heterocycles. The summed E-state index contributed by atoms with van der Waals surface area (Å²) in [6, 6.07) is 9.22. The molecule has 2 rings (SSSR count). The molecule has 0 saturated heterocycles. The van der Waals surface area contributed by atoms with Gasteiger partial charge in [-0.3, -0.25) is 0 Å². The summed E-state index contributed by atoms with van der Waals surface area (Å²) in [4.78, 5) is 11.3. The van der Waals surface area contributed by atoms with Crippen LogP contribution in [0.1, 0.15) is 36.8 Å². The monoisotopic (exact) mass is 277 g/mol. The second-order valence-corrected chi connectivity index (χ2v) is 5.92. The normalized spacial score (nSPS) is 11.6. The Morgan fingerprint density at radius 1 is 1.26 bits per heavy atom. The van der Waals surface area contributed by atoms with Gasteiger partial charge in [-0.1, -0.05) is 50.6 Å². The largest absolute Gasteiger partial charge is 0.477 e. The molecule has 0 atom stereocenters. The van der Waals surface area contributed by atoms with Crippen LogP contribution in [0.15, 0.2) is 36.5 Å². The highest BCUT2D eigenvalue weighted by molar-refractivity contribution is 6.31. The molecular weight excluding hydrogens is 262 g/mol. The van der Waals surface area contributed by atoms with E-state index < -0.39 is 5.97 Å². The van der Waals surface area contributed by atoms with Crippen LogP contribution in [-0.2, 0) is 5.41 Å². The number of para-hydroxylation sites is 1. The van der Waals surface area contributed by atoms with Gasteiger partial charge in [0.15, 0.2) is 0 Å². The molecule has 0 spiro atoms. The predicted octanol–water partition coefficient (Wildman–Crippen LogP) is 4.13. The van der Waals surface area contributed by atoms with E-state index >= 15 is 0 Å². The van der Waals surface area contributed by atoms with Crippen molar-refractivity contribution in [2.45, 2.75) is 26.2 Å². The molecule has 1 heterocycles. The predicted molar refractivity (Wildman–Crippen MR) is 76.4 cm³/mol. The number of hydrogen-bond donors (Lipinski definition) is 1. The number of aromatic nitrogens is 1. The fourth-order valence-electron chi connectivity index (χ4n) is 2.11. The van der Waals surface area contributed by atoms with Crippen molar-refractivity contribution in [3.8, 4) is 5.69 Å². The molecule has 0 fully saturated rings. The van der Waals surface area contributed by atoms with E-state index in [9.17, 15) is 9.90 Å². The van der Waals surface area contributed by atoms with E-state index in [4.69, 9.17) is 11.6 Å². The Morgan fingerprint density at radius 3 is 2.47 bits per heavy atom. The van der Waals surface area contributed by atoms with Gasteiger partial charge in [0.1, 0.15) is 5.69 Å². The number of carboxylic acids is 1. The molecule has 19 heavy (non-hydrogen) atoms. The summed E-state index contributed by atoms with van der Waals surface area (Å²) in [7, 11) is 0. The Kier molecular flexibility index (Phi) is 3.42. The Balaban J connectivity index is 2.70. The smallest absolute Gasteiger partial charge is 0.352 e. The number of halogens is 1. The van der Waals surface area contributed by atoms with Gasteiger partial charge in [-0.25, -0.2) is 4.79 Å². The van der Waals surface area contributed by atoms with Crippen LogP contribution in [-0.4, -0.2) is 15.6 Å². The highest BCUT2D eigenvalue weighted by atomic mass is 35.5. The van der Waals surface area contributed by atoms with Crippen LogP contribution >= 0.6 is 11.6 Å². The summed E-state index contributed by atoms with van der Waals surface area (Å²) in [6.07, 6.45) is 1.63. The first-order chi connectivity index (χ1) is 8.80. The van der Waals surface area contributed by atoms with E-state index in [-0.39, 0.29) is 11.1 Å². The van der Waals surface area contributed by atoms with Crippen molar-refractivity contribution in [2.24, 2.45) is 0 Å². The molecule has 1 aromatic heterocycles. The van der Waals surface area contributed by atoms with Gasteiger partial charge in [-0.15, -0.1) is 0 Å². The number of rotatable bonds is 2. The van der Waals surface area contributed by atoms with Crippen molar-refractivity contribution in [3.05, 3.63) is 52.8 Å². The molecule has 0 radical (unpaired) electrons. The standard InChI is InChI=1S/C15H16ClNO2/c1-15(2,3)11-6-4-5-7-12(11)17-9-10(16)8-13(17)14(18)19/h4-9H,1-3H3,(H,18,19). The van der Waals surface area contributed by atoms with Crippen LogP contribution in [0.5, 0.6) is 0 Å². The van der Waals surface area contributed by atoms with E-state index in [1.165, 1.54) is 6.07 Å². The topological polar surface area (TPSA) is 42.2 Å². The SMILES string of the molecule is CC(C)(C)c1ccccc1-n1cc(Cl)cc1C(=O)O.